The first-order valence-corrected chi connectivity index (χ1v) is 9.47. The van der Waals surface area contributed by atoms with Crippen LogP contribution in [0.1, 0.15) is 29.9 Å². The van der Waals surface area contributed by atoms with Gasteiger partial charge in [0, 0.05) is 19.0 Å². The highest BCUT2D eigenvalue weighted by molar-refractivity contribution is 5.76. The first kappa shape index (κ1) is 18.2. The van der Waals surface area contributed by atoms with Crippen LogP contribution in [0.5, 0.6) is 5.75 Å². The standard InChI is InChI=1S/C22H23N3O3/c1-13-4-8-18(28-22(26)23-12-16-5-6-16)11-20(13)19-9-7-17(10-14(19)2)21-25-24-15(3)27-21/h4,7-11,16H,5-6,12H2,1-3H3,(H,23,26). The molecule has 1 aliphatic rings. The van der Waals surface area contributed by atoms with Crippen molar-refractivity contribution in [3.05, 3.63) is 53.4 Å². The highest BCUT2D eigenvalue weighted by atomic mass is 16.6. The molecule has 2 aromatic carbocycles. The Kier molecular flexibility index (Phi) is 4.86. The largest absolute Gasteiger partial charge is 0.421 e. The Balaban J connectivity index is 1.56. The van der Waals surface area contributed by atoms with Gasteiger partial charge in [-0.25, -0.2) is 4.79 Å². The first-order chi connectivity index (χ1) is 13.5. The van der Waals surface area contributed by atoms with Gasteiger partial charge in [0.05, 0.1) is 0 Å². The Hall–Kier alpha value is -3.15. The van der Waals surface area contributed by atoms with Gasteiger partial charge in [0.25, 0.3) is 0 Å². The number of amides is 1. The minimum Gasteiger partial charge on any atom is -0.421 e. The third kappa shape index (κ3) is 4.06. The molecular weight excluding hydrogens is 354 g/mol. The van der Waals surface area contributed by atoms with Crippen molar-refractivity contribution >= 4 is 6.09 Å². The predicted octanol–water partition coefficient (Wildman–Crippen LogP) is 4.83. The van der Waals surface area contributed by atoms with Crippen LogP contribution in [0, 0.1) is 26.7 Å². The van der Waals surface area contributed by atoms with Crippen molar-refractivity contribution in [3.8, 4) is 28.3 Å². The molecule has 1 saturated carbocycles. The summed E-state index contributed by atoms with van der Waals surface area (Å²) in [5.74, 6) is 2.19. The van der Waals surface area contributed by atoms with E-state index < -0.39 is 6.09 Å². The van der Waals surface area contributed by atoms with E-state index in [1.807, 2.05) is 50.2 Å². The summed E-state index contributed by atoms with van der Waals surface area (Å²) < 4.78 is 11.0. The van der Waals surface area contributed by atoms with Crippen LogP contribution in [0.15, 0.2) is 40.8 Å². The number of rotatable bonds is 5. The Bertz CT molecular complexity index is 1020. The SMILES string of the molecule is Cc1nnc(-c2ccc(-c3cc(OC(=O)NCC4CC4)ccc3C)c(C)c2)o1. The lowest BCUT2D eigenvalue weighted by Gasteiger charge is -2.13. The topological polar surface area (TPSA) is 77.2 Å². The molecule has 0 bridgehead atoms. The van der Waals surface area contributed by atoms with Crippen molar-refractivity contribution < 1.29 is 13.9 Å². The summed E-state index contributed by atoms with van der Waals surface area (Å²) in [4.78, 5) is 12.0. The third-order valence-electron chi connectivity index (χ3n) is 4.94. The summed E-state index contributed by atoms with van der Waals surface area (Å²) in [6.07, 6.45) is 1.97. The maximum atomic E-state index is 12.0. The van der Waals surface area contributed by atoms with Crippen molar-refractivity contribution in [2.75, 3.05) is 6.54 Å². The van der Waals surface area contributed by atoms with Crippen molar-refractivity contribution in [1.82, 2.24) is 15.5 Å². The second kappa shape index (κ2) is 7.46. The van der Waals surface area contributed by atoms with E-state index in [4.69, 9.17) is 9.15 Å². The molecule has 0 aliphatic heterocycles. The Morgan fingerprint density at radius 2 is 1.89 bits per heavy atom. The van der Waals surface area contributed by atoms with Crippen LogP contribution in [0.2, 0.25) is 0 Å². The van der Waals surface area contributed by atoms with Gasteiger partial charge < -0.3 is 14.5 Å². The number of hydrogen-bond acceptors (Lipinski definition) is 5. The fourth-order valence-electron chi connectivity index (χ4n) is 3.16. The van der Waals surface area contributed by atoms with Gasteiger partial charge in [0.1, 0.15) is 5.75 Å². The molecule has 0 atom stereocenters. The number of ether oxygens (including phenoxy) is 1. The summed E-state index contributed by atoms with van der Waals surface area (Å²) in [7, 11) is 0. The van der Waals surface area contributed by atoms with E-state index in [2.05, 4.69) is 15.5 Å². The highest BCUT2D eigenvalue weighted by Crippen LogP contribution is 2.32. The molecule has 0 unspecified atom stereocenters. The van der Waals surface area contributed by atoms with Crippen molar-refractivity contribution in [2.24, 2.45) is 5.92 Å². The zero-order valence-corrected chi connectivity index (χ0v) is 16.3. The molecular formula is C22H23N3O3. The zero-order chi connectivity index (χ0) is 19.7. The third-order valence-corrected chi connectivity index (χ3v) is 4.94. The van der Waals surface area contributed by atoms with Crippen LogP contribution >= 0.6 is 0 Å². The highest BCUT2D eigenvalue weighted by Gasteiger charge is 2.22. The average Bonchev–Trinajstić information content (AvgIpc) is 3.41. The van der Waals surface area contributed by atoms with Crippen LogP contribution in [-0.4, -0.2) is 22.8 Å². The van der Waals surface area contributed by atoms with Gasteiger partial charge in [-0.1, -0.05) is 12.1 Å². The summed E-state index contributed by atoms with van der Waals surface area (Å²) in [6.45, 7) is 6.54. The quantitative estimate of drug-likeness (QED) is 0.689. The van der Waals surface area contributed by atoms with E-state index in [1.54, 1.807) is 6.92 Å². The maximum absolute atomic E-state index is 12.0. The average molecular weight is 377 g/mol. The van der Waals surface area contributed by atoms with E-state index in [1.165, 1.54) is 12.8 Å². The normalized spacial score (nSPS) is 13.4. The van der Waals surface area contributed by atoms with Gasteiger partial charge in [0.2, 0.25) is 11.8 Å². The summed E-state index contributed by atoms with van der Waals surface area (Å²) in [5, 5.41) is 10.8. The maximum Gasteiger partial charge on any atom is 0.412 e. The Labute approximate surface area is 163 Å². The van der Waals surface area contributed by atoms with Crippen LogP contribution in [0.3, 0.4) is 0 Å². The van der Waals surface area contributed by atoms with E-state index in [0.29, 0.717) is 30.0 Å². The molecule has 1 fully saturated rings. The second-order valence-corrected chi connectivity index (χ2v) is 7.35. The number of nitrogens with zero attached hydrogens (tertiary/aromatic N) is 2. The molecule has 6 heteroatoms. The molecule has 1 aliphatic carbocycles. The van der Waals surface area contributed by atoms with Gasteiger partial charge in [0.15, 0.2) is 0 Å². The molecule has 0 saturated heterocycles. The molecule has 144 valence electrons. The zero-order valence-electron chi connectivity index (χ0n) is 16.3. The lowest BCUT2D eigenvalue weighted by atomic mass is 9.95. The first-order valence-electron chi connectivity index (χ1n) is 9.47. The molecule has 1 N–H and O–H groups in total. The smallest absolute Gasteiger partial charge is 0.412 e. The van der Waals surface area contributed by atoms with Crippen LogP contribution in [0.25, 0.3) is 22.6 Å². The Morgan fingerprint density at radius 3 is 2.57 bits per heavy atom. The molecule has 0 spiro atoms. The van der Waals surface area contributed by atoms with Crippen molar-refractivity contribution in [1.29, 1.82) is 0 Å². The van der Waals surface area contributed by atoms with E-state index >= 15 is 0 Å². The summed E-state index contributed by atoms with van der Waals surface area (Å²) >= 11 is 0. The molecule has 0 radical (unpaired) electrons. The fraction of sp³-hybridized carbons (Fsp3) is 0.318. The van der Waals surface area contributed by atoms with Crippen LogP contribution < -0.4 is 10.1 Å². The molecule has 6 nitrogen and oxygen atoms in total. The minimum atomic E-state index is -0.402. The monoisotopic (exact) mass is 377 g/mol. The second-order valence-electron chi connectivity index (χ2n) is 7.35. The van der Waals surface area contributed by atoms with E-state index in [0.717, 1.165) is 27.8 Å². The number of benzene rings is 2. The summed E-state index contributed by atoms with van der Waals surface area (Å²) in [6, 6.07) is 11.7. The molecule has 1 aromatic heterocycles. The number of nitrogens with one attached hydrogen (secondary N) is 1. The molecule has 1 heterocycles. The number of aryl methyl sites for hydroxylation is 3. The van der Waals surface area contributed by atoms with Crippen molar-refractivity contribution in [3.63, 3.8) is 0 Å². The Morgan fingerprint density at radius 1 is 1.07 bits per heavy atom. The number of aromatic nitrogens is 2. The van der Waals surface area contributed by atoms with Gasteiger partial charge in [-0.2, -0.15) is 0 Å². The van der Waals surface area contributed by atoms with Crippen LogP contribution in [0.4, 0.5) is 4.79 Å². The number of carbonyl (C=O) groups is 1. The molecule has 1 amide bonds. The molecule has 4 rings (SSSR count). The number of hydrogen-bond donors (Lipinski definition) is 1. The van der Waals surface area contributed by atoms with E-state index in [-0.39, 0.29) is 0 Å². The number of carbonyl (C=O) groups excluding carboxylic acids is 1. The van der Waals surface area contributed by atoms with Gasteiger partial charge >= 0.3 is 6.09 Å². The van der Waals surface area contributed by atoms with E-state index in [9.17, 15) is 4.79 Å². The minimum absolute atomic E-state index is 0.402. The van der Waals surface area contributed by atoms with Crippen molar-refractivity contribution in [2.45, 2.75) is 33.6 Å². The van der Waals surface area contributed by atoms with Gasteiger partial charge in [-0.15, -0.1) is 10.2 Å². The van der Waals surface area contributed by atoms with Gasteiger partial charge in [-0.3, -0.25) is 0 Å². The molecule has 3 aromatic rings. The fourth-order valence-corrected chi connectivity index (χ4v) is 3.16. The lowest BCUT2D eigenvalue weighted by Crippen LogP contribution is -2.28. The van der Waals surface area contributed by atoms with Crippen LogP contribution in [-0.2, 0) is 0 Å². The van der Waals surface area contributed by atoms with Gasteiger partial charge in [-0.05, 0) is 79.1 Å². The summed E-state index contributed by atoms with van der Waals surface area (Å²) in [5.41, 5.74) is 5.16. The predicted molar refractivity (Wildman–Crippen MR) is 106 cm³/mol. The molecule has 28 heavy (non-hydrogen) atoms. The lowest BCUT2D eigenvalue weighted by molar-refractivity contribution is 0.200.